The molecule has 2 aliphatic carbocycles. The van der Waals surface area contributed by atoms with Crippen LogP contribution in [0.5, 0.6) is 0 Å². The lowest BCUT2D eigenvalue weighted by atomic mass is 9.70. The maximum Gasteiger partial charge on any atom is 0.0725 e. The van der Waals surface area contributed by atoms with Crippen molar-refractivity contribution in [1.29, 1.82) is 0 Å². The number of rotatable bonds is 6. The molecular weight excluding hydrogens is 917 g/mol. The van der Waals surface area contributed by atoms with Crippen LogP contribution in [-0.4, -0.2) is 9.55 Å². The summed E-state index contributed by atoms with van der Waals surface area (Å²) in [7, 11) is 0. The van der Waals surface area contributed by atoms with Gasteiger partial charge in [-0.15, -0.1) is 0 Å². The van der Waals surface area contributed by atoms with E-state index in [9.17, 15) is 0 Å². The van der Waals surface area contributed by atoms with E-state index >= 15 is 0 Å². The minimum Gasteiger partial charge on any atom is -0.309 e. The monoisotopic (exact) mass is 962 g/mol. The maximum absolute atomic E-state index is 5.89. The molecule has 2 heteroatoms. The lowest BCUT2D eigenvalue weighted by Gasteiger charge is -2.30. The molecule has 12 aromatic carbocycles. The summed E-state index contributed by atoms with van der Waals surface area (Å²) in [5.74, 6) is 0. The highest BCUT2D eigenvalue weighted by molar-refractivity contribution is 6.15. The molecule has 0 aliphatic heterocycles. The predicted octanol–water partition coefficient (Wildman–Crippen LogP) is 19.2. The zero-order chi connectivity index (χ0) is 49.9. The van der Waals surface area contributed by atoms with E-state index in [0.29, 0.717) is 0 Å². The van der Waals surface area contributed by atoms with E-state index in [-0.39, 0.29) is 0 Å². The average molecular weight is 963 g/mol. The van der Waals surface area contributed by atoms with Gasteiger partial charge in [0.15, 0.2) is 0 Å². The Morgan fingerprint density at radius 3 is 1.55 bits per heavy atom. The van der Waals surface area contributed by atoms with Crippen molar-refractivity contribution in [3.05, 3.63) is 301 Å². The predicted molar refractivity (Wildman–Crippen MR) is 317 cm³/mol. The fourth-order valence-corrected chi connectivity index (χ4v) is 13.4. The Kier molecular flexibility index (Phi) is 9.28. The Morgan fingerprint density at radius 2 is 0.803 bits per heavy atom. The second-order valence-corrected chi connectivity index (χ2v) is 20.5. The van der Waals surface area contributed by atoms with Crippen molar-refractivity contribution in [1.82, 2.24) is 9.55 Å². The third-order valence-electron chi connectivity index (χ3n) is 16.6. The molecule has 16 rings (SSSR count). The first-order valence-corrected chi connectivity index (χ1v) is 26.3. The van der Waals surface area contributed by atoms with Crippen LogP contribution in [0, 0.1) is 0 Å². The number of para-hydroxylation sites is 1. The molecule has 2 aromatic heterocycles. The van der Waals surface area contributed by atoms with Crippen LogP contribution in [0.4, 0.5) is 0 Å². The zero-order valence-electron chi connectivity index (χ0n) is 41.5. The summed E-state index contributed by atoms with van der Waals surface area (Å²) in [6, 6.07) is 103. The third-order valence-corrected chi connectivity index (χ3v) is 16.6. The minimum absolute atomic E-state index is 0.469. The van der Waals surface area contributed by atoms with Crippen LogP contribution in [0.3, 0.4) is 0 Å². The maximum atomic E-state index is 5.89. The van der Waals surface area contributed by atoms with Crippen molar-refractivity contribution in [3.8, 4) is 83.8 Å². The number of aromatic nitrogens is 2. The molecule has 0 N–H and O–H groups in total. The van der Waals surface area contributed by atoms with Gasteiger partial charge in [0.2, 0.25) is 0 Å². The van der Waals surface area contributed by atoms with Gasteiger partial charge in [-0.25, -0.2) is 4.98 Å². The van der Waals surface area contributed by atoms with Crippen LogP contribution < -0.4 is 0 Å². The number of fused-ring (bicyclic) bond motifs is 16. The van der Waals surface area contributed by atoms with Gasteiger partial charge in [0.05, 0.1) is 27.8 Å². The first kappa shape index (κ1) is 42.6. The smallest absolute Gasteiger partial charge is 0.0725 e. The third kappa shape index (κ3) is 6.19. The number of benzene rings is 12. The number of hydrogen-bond donors (Lipinski definition) is 0. The van der Waals surface area contributed by atoms with Crippen molar-refractivity contribution in [3.63, 3.8) is 0 Å². The second kappa shape index (κ2) is 16.6. The van der Waals surface area contributed by atoms with Gasteiger partial charge >= 0.3 is 0 Å². The highest BCUT2D eigenvalue weighted by Gasteiger charge is 2.52. The summed E-state index contributed by atoms with van der Waals surface area (Å²) >= 11 is 0. The van der Waals surface area contributed by atoms with E-state index in [1.807, 2.05) is 0 Å². The summed E-state index contributed by atoms with van der Waals surface area (Å²) in [5, 5.41) is 7.35. The molecule has 0 radical (unpaired) electrons. The molecule has 0 bridgehead atoms. The summed E-state index contributed by atoms with van der Waals surface area (Å²) in [4.78, 5) is 5.89. The van der Waals surface area contributed by atoms with Crippen molar-refractivity contribution >= 4 is 43.4 Å². The molecule has 0 unspecified atom stereocenters. The van der Waals surface area contributed by atoms with Crippen LogP contribution in [-0.2, 0) is 5.41 Å². The van der Waals surface area contributed by atoms with Gasteiger partial charge in [-0.1, -0.05) is 231 Å². The van der Waals surface area contributed by atoms with E-state index in [1.54, 1.807) is 0 Å². The topological polar surface area (TPSA) is 17.8 Å². The molecule has 76 heavy (non-hydrogen) atoms. The molecule has 352 valence electrons. The highest BCUT2D eigenvalue weighted by atomic mass is 15.0. The summed E-state index contributed by atoms with van der Waals surface area (Å²) < 4.78 is 2.48. The molecule has 2 nitrogen and oxygen atoms in total. The Hall–Kier alpha value is -9.89. The van der Waals surface area contributed by atoms with Gasteiger partial charge in [-0.2, -0.15) is 0 Å². The zero-order valence-corrected chi connectivity index (χ0v) is 41.5. The Morgan fingerprint density at radius 1 is 0.263 bits per heavy atom. The van der Waals surface area contributed by atoms with Gasteiger partial charge in [-0.3, -0.25) is 0 Å². The SMILES string of the molecule is c1ccc(-c2cc(-c3cc(-c4cc5ccccc5c5ccccc45)cc(-n4c5ccccc5c5ccc(-c6ccccc6)cc54)c3)nc(-c3cccc4c3-c3ccccc3C43c4ccccc4-c4ccccc43)c2)cc1. The first-order chi connectivity index (χ1) is 37.7. The van der Waals surface area contributed by atoms with Crippen molar-refractivity contribution in [2.24, 2.45) is 0 Å². The van der Waals surface area contributed by atoms with Crippen molar-refractivity contribution in [2.45, 2.75) is 5.41 Å². The minimum atomic E-state index is -0.469. The molecule has 0 saturated carbocycles. The summed E-state index contributed by atoms with van der Waals surface area (Å²) in [6.45, 7) is 0. The average Bonchev–Trinajstić information content (AvgIpc) is 4.33. The lowest BCUT2D eigenvalue weighted by molar-refractivity contribution is 0.794. The van der Waals surface area contributed by atoms with E-state index < -0.39 is 5.41 Å². The molecule has 0 saturated heterocycles. The Balaban J connectivity index is 0.987. The van der Waals surface area contributed by atoms with E-state index in [2.05, 4.69) is 284 Å². The number of hydrogen-bond acceptors (Lipinski definition) is 1. The molecule has 2 aliphatic rings. The number of pyridine rings is 1. The van der Waals surface area contributed by atoms with E-state index in [0.717, 1.165) is 55.9 Å². The van der Waals surface area contributed by atoms with Crippen LogP contribution >= 0.6 is 0 Å². The molecule has 1 spiro atoms. The van der Waals surface area contributed by atoms with Crippen LogP contribution in [0.15, 0.2) is 279 Å². The molecule has 0 atom stereocenters. The van der Waals surface area contributed by atoms with Gasteiger partial charge in [0.1, 0.15) is 0 Å². The molecule has 2 heterocycles. The first-order valence-electron chi connectivity index (χ1n) is 26.3. The second-order valence-electron chi connectivity index (χ2n) is 20.5. The van der Waals surface area contributed by atoms with E-state index in [4.69, 9.17) is 4.98 Å². The summed E-state index contributed by atoms with van der Waals surface area (Å²) in [5.41, 5.74) is 24.2. The van der Waals surface area contributed by atoms with Crippen LogP contribution in [0.2, 0.25) is 0 Å². The highest BCUT2D eigenvalue weighted by Crippen LogP contribution is 2.64. The molecular formula is C74H46N2. The van der Waals surface area contributed by atoms with E-state index in [1.165, 1.54) is 93.5 Å². The number of nitrogens with zero attached hydrogens (tertiary/aromatic N) is 2. The quantitative estimate of drug-likeness (QED) is 0.152. The fraction of sp³-hybridized carbons (Fsp3) is 0.0135. The lowest BCUT2D eigenvalue weighted by Crippen LogP contribution is -2.25. The van der Waals surface area contributed by atoms with Crippen LogP contribution in [0.25, 0.3) is 127 Å². The molecule has 0 fully saturated rings. The Bertz CT molecular complexity index is 4650. The van der Waals surface area contributed by atoms with Gasteiger partial charge in [0.25, 0.3) is 0 Å². The van der Waals surface area contributed by atoms with Gasteiger partial charge in [0, 0.05) is 27.6 Å². The normalized spacial score (nSPS) is 12.8. The molecule has 14 aromatic rings. The standard InChI is InChI=1S/C74H46N2/c1-3-20-47(21-4-1)49-38-39-61-60-30-14-18-37-71(60)76(72(61)46-49)54-41-52(64-43-50-24-7-8-25-55(50)56-26-9-10-27-57(56)64)40-53(42-54)69-44-51(48-22-5-2-6-23-48)45-70(75-69)63-32-19-36-68-73(63)62-31-13-17-35-67(62)74(68)65-33-15-11-28-58(65)59-29-12-16-34-66(59)74/h1-46H. The van der Waals surface area contributed by atoms with Crippen molar-refractivity contribution in [2.75, 3.05) is 0 Å². The van der Waals surface area contributed by atoms with Gasteiger partial charge < -0.3 is 4.57 Å². The molecule has 0 amide bonds. The fourth-order valence-electron chi connectivity index (χ4n) is 13.4. The largest absolute Gasteiger partial charge is 0.309 e. The van der Waals surface area contributed by atoms with Crippen LogP contribution in [0.1, 0.15) is 22.3 Å². The Labute approximate surface area is 441 Å². The van der Waals surface area contributed by atoms with Crippen molar-refractivity contribution < 1.29 is 0 Å². The summed E-state index contributed by atoms with van der Waals surface area (Å²) in [6.07, 6.45) is 0. The van der Waals surface area contributed by atoms with Gasteiger partial charge in [-0.05, 0) is 148 Å².